The zero-order valence-electron chi connectivity index (χ0n) is 21.7. The Morgan fingerprint density at radius 3 is 2.62 bits per heavy atom. The first-order valence-electron chi connectivity index (χ1n) is 13.4. The molecular formula is C30H34N4O3. The number of benzene rings is 1. The molecule has 2 aromatic heterocycles. The highest BCUT2D eigenvalue weighted by Gasteiger charge is 2.54. The Hall–Kier alpha value is -3.32. The van der Waals surface area contributed by atoms with Gasteiger partial charge in [0.05, 0.1) is 22.2 Å². The van der Waals surface area contributed by atoms with Gasteiger partial charge in [0.2, 0.25) is 0 Å². The number of nitrogens with zero attached hydrogens (tertiary/aromatic N) is 4. The number of rotatable bonds is 3. The van der Waals surface area contributed by atoms with Crippen LogP contribution in [0.5, 0.6) is 0 Å². The number of esters is 1. The molecule has 1 unspecified atom stereocenters. The highest BCUT2D eigenvalue weighted by Crippen LogP contribution is 2.46. The maximum absolute atomic E-state index is 13.8. The van der Waals surface area contributed by atoms with E-state index in [0.29, 0.717) is 24.7 Å². The van der Waals surface area contributed by atoms with Crippen LogP contribution in [0.4, 0.5) is 0 Å². The summed E-state index contributed by atoms with van der Waals surface area (Å²) in [5.74, 6) is 0.0298. The summed E-state index contributed by atoms with van der Waals surface area (Å²) in [5.41, 5.74) is 2.41. The Labute approximate surface area is 217 Å². The van der Waals surface area contributed by atoms with E-state index in [9.17, 15) is 9.59 Å². The minimum Gasteiger partial charge on any atom is -0.459 e. The molecule has 3 aliphatic rings. The third-order valence-electron chi connectivity index (χ3n) is 8.34. The SMILES string of the molecule is CC1(C)CC2(CCCN(C3CCN(C(=O)c4cc(-c5cccnc5)nc5ccccc45)CC3)C2)C(=O)O1. The summed E-state index contributed by atoms with van der Waals surface area (Å²) in [6.45, 7) is 7.24. The van der Waals surface area contributed by atoms with E-state index in [4.69, 9.17) is 9.72 Å². The Balaban J connectivity index is 1.19. The number of piperidine rings is 2. The smallest absolute Gasteiger partial charge is 0.314 e. The lowest BCUT2D eigenvalue weighted by Crippen LogP contribution is -2.53. The molecule has 3 saturated heterocycles. The highest BCUT2D eigenvalue weighted by atomic mass is 16.6. The van der Waals surface area contributed by atoms with E-state index in [2.05, 4.69) is 9.88 Å². The largest absolute Gasteiger partial charge is 0.459 e. The van der Waals surface area contributed by atoms with Crippen LogP contribution in [0.25, 0.3) is 22.2 Å². The number of ether oxygens (including phenoxy) is 1. The first-order chi connectivity index (χ1) is 17.8. The molecule has 7 heteroatoms. The van der Waals surface area contributed by atoms with Crippen molar-refractivity contribution in [2.45, 2.75) is 57.6 Å². The number of carbonyl (C=O) groups is 2. The first kappa shape index (κ1) is 24.0. The summed E-state index contributed by atoms with van der Waals surface area (Å²) < 4.78 is 5.72. The molecule has 6 rings (SSSR count). The lowest BCUT2D eigenvalue weighted by molar-refractivity contribution is -0.154. The number of pyridine rings is 2. The molecule has 5 heterocycles. The van der Waals surface area contributed by atoms with Crippen molar-refractivity contribution in [2.24, 2.45) is 5.41 Å². The molecule has 7 nitrogen and oxygen atoms in total. The highest BCUT2D eigenvalue weighted by molar-refractivity contribution is 6.07. The molecule has 3 aromatic rings. The molecule has 37 heavy (non-hydrogen) atoms. The normalized spacial score (nSPS) is 24.5. The van der Waals surface area contributed by atoms with Crippen molar-refractivity contribution in [1.82, 2.24) is 19.8 Å². The van der Waals surface area contributed by atoms with Crippen molar-refractivity contribution in [3.8, 4) is 11.3 Å². The zero-order chi connectivity index (χ0) is 25.6. The number of cyclic esters (lactones) is 1. The van der Waals surface area contributed by atoms with Crippen LogP contribution in [0.1, 0.15) is 56.3 Å². The second-order valence-electron chi connectivity index (χ2n) is 11.5. The summed E-state index contributed by atoms with van der Waals surface area (Å²) in [7, 11) is 0. The van der Waals surface area contributed by atoms with Crippen molar-refractivity contribution in [3.05, 3.63) is 60.4 Å². The lowest BCUT2D eigenvalue weighted by Gasteiger charge is -2.44. The minimum atomic E-state index is -0.377. The summed E-state index contributed by atoms with van der Waals surface area (Å²) in [5, 5.41) is 0.877. The fourth-order valence-corrected chi connectivity index (χ4v) is 6.69. The molecule has 1 atom stereocenters. The Bertz CT molecular complexity index is 1330. The molecule has 0 N–H and O–H groups in total. The van der Waals surface area contributed by atoms with Crippen LogP contribution in [0, 0.1) is 5.41 Å². The number of carbonyl (C=O) groups excluding carboxylic acids is 2. The van der Waals surface area contributed by atoms with Crippen LogP contribution in [0.15, 0.2) is 54.9 Å². The molecular weight excluding hydrogens is 464 g/mol. The van der Waals surface area contributed by atoms with Gasteiger partial charge in [0.25, 0.3) is 5.91 Å². The summed E-state index contributed by atoms with van der Waals surface area (Å²) in [6, 6.07) is 14.0. The van der Waals surface area contributed by atoms with Gasteiger partial charge in [-0.25, -0.2) is 4.98 Å². The second-order valence-corrected chi connectivity index (χ2v) is 11.5. The van der Waals surface area contributed by atoms with Gasteiger partial charge in [0.15, 0.2) is 0 Å². The summed E-state index contributed by atoms with van der Waals surface area (Å²) >= 11 is 0. The van der Waals surface area contributed by atoms with Crippen molar-refractivity contribution in [2.75, 3.05) is 26.2 Å². The third-order valence-corrected chi connectivity index (χ3v) is 8.34. The molecule has 3 aliphatic heterocycles. The molecule has 0 radical (unpaired) electrons. The van der Waals surface area contributed by atoms with E-state index < -0.39 is 0 Å². The molecule has 0 saturated carbocycles. The lowest BCUT2D eigenvalue weighted by atomic mass is 9.74. The Morgan fingerprint density at radius 1 is 1.08 bits per heavy atom. The Kier molecular flexibility index (Phi) is 5.98. The Morgan fingerprint density at radius 2 is 1.89 bits per heavy atom. The van der Waals surface area contributed by atoms with Crippen LogP contribution >= 0.6 is 0 Å². The number of aromatic nitrogens is 2. The predicted molar refractivity (Wildman–Crippen MR) is 142 cm³/mol. The van der Waals surface area contributed by atoms with Gasteiger partial charge >= 0.3 is 5.97 Å². The average molecular weight is 499 g/mol. The maximum Gasteiger partial charge on any atom is 0.314 e. The summed E-state index contributed by atoms with van der Waals surface area (Å²) in [6.07, 6.45) is 8.07. The van der Waals surface area contributed by atoms with Crippen molar-refractivity contribution >= 4 is 22.8 Å². The van der Waals surface area contributed by atoms with Crippen LogP contribution in [-0.4, -0.2) is 69.5 Å². The van der Waals surface area contributed by atoms with Gasteiger partial charge < -0.3 is 9.64 Å². The molecule has 1 aromatic carbocycles. The van der Waals surface area contributed by atoms with Gasteiger partial charge in [-0.15, -0.1) is 0 Å². The molecule has 1 amide bonds. The standard InChI is InChI=1S/C30H34N4O3/c1-29(2)19-30(28(36)37-29)12-6-14-34(20-30)22-10-15-33(16-11-22)27(35)24-17-26(21-7-5-13-31-18-21)32-25-9-4-3-8-23(24)25/h3-5,7-9,13,17-18,22H,6,10-12,14-16,19-20H2,1-2H3. The van der Waals surface area contributed by atoms with Crippen molar-refractivity contribution < 1.29 is 14.3 Å². The van der Waals surface area contributed by atoms with Crippen molar-refractivity contribution in [1.29, 1.82) is 0 Å². The second kappa shape index (κ2) is 9.21. The van der Waals surface area contributed by atoms with E-state index in [1.54, 1.807) is 12.4 Å². The van der Waals surface area contributed by atoms with Gasteiger partial charge in [-0.05, 0) is 70.3 Å². The molecule has 0 bridgehead atoms. The number of likely N-dealkylation sites (tertiary alicyclic amines) is 2. The third kappa shape index (κ3) is 4.50. The van der Waals surface area contributed by atoms with Gasteiger partial charge in [-0.2, -0.15) is 0 Å². The fraction of sp³-hybridized carbons (Fsp3) is 0.467. The van der Waals surface area contributed by atoms with Gasteiger partial charge in [-0.3, -0.25) is 19.5 Å². The molecule has 3 fully saturated rings. The predicted octanol–water partition coefficient (Wildman–Crippen LogP) is 4.71. The number of hydrogen-bond acceptors (Lipinski definition) is 6. The van der Waals surface area contributed by atoms with Gasteiger partial charge in [0.1, 0.15) is 5.60 Å². The monoisotopic (exact) mass is 498 g/mol. The van der Waals surface area contributed by atoms with Crippen molar-refractivity contribution in [3.63, 3.8) is 0 Å². The first-order valence-corrected chi connectivity index (χ1v) is 13.4. The number of amides is 1. The van der Waals surface area contributed by atoms with Gasteiger partial charge in [-0.1, -0.05) is 18.2 Å². The molecule has 0 aliphatic carbocycles. The topological polar surface area (TPSA) is 75.6 Å². The maximum atomic E-state index is 13.8. The summed E-state index contributed by atoms with van der Waals surface area (Å²) in [4.78, 5) is 40.1. The number of para-hydroxylation sites is 1. The van der Waals surface area contributed by atoms with E-state index in [1.807, 2.05) is 61.2 Å². The molecule has 192 valence electrons. The fourth-order valence-electron chi connectivity index (χ4n) is 6.69. The van der Waals surface area contributed by atoms with Crippen LogP contribution in [0.2, 0.25) is 0 Å². The van der Waals surface area contributed by atoms with Crippen LogP contribution in [-0.2, 0) is 9.53 Å². The van der Waals surface area contributed by atoms with E-state index in [0.717, 1.165) is 67.4 Å². The average Bonchev–Trinajstić information content (AvgIpc) is 3.14. The van der Waals surface area contributed by atoms with E-state index in [-0.39, 0.29) is 22.9 Å². The van der Waals surface area contributed by atoms with E-state index >= 15 is 0 Å². The van der Waals surface area contributed by atoms with E-state index in [1.165, 1.54) is 0 Å². The van der Waals surface area contributed by atoms with Crippen LogP contribution in [0.3, 0.4) is 0 Å². The zero-order valence-corrected chi connectivity index (χ0v) is 21.7. The van der Waals surface area contributed by atoms with Gasteiger partial charge in [0, 0.05) is 55.4 Å². The minimum absolute atomic E-state index is 0.0243. The molecule has 1 spiro atoms. The van der Waals surface area contributed by atoms with Crippen LogP contribution < -0.4 is 0 Å². The number of fused-ring (bicyclic) bond motifs is 1. The number of hydrogen-bond donors (Lipinski definition) is 0. The quantitative estimate of drug-likeness (QED) is 0.487.